The highest BCUT2D eigenvalue weighted by Crippen LogP contribution is 2.19. The summed E-state index contributed by atoms with van der Waals surface area (Å²) in [6.45, 7) is 0. The number of rotatable bonds is 4. The van der Waals surface area contributed by atoms with Gasteiger partial charge in [0.05, 0.1) is 21.3 Å². The standard InChI is InChI=1S/C11H14O3.H4Si/c1-12-10(11(13-2)14-3)9-7-5-4-6-8-9;/h4-8H,1-3H3;1H4. The number of methoxy groups -OCH3 is 3. The first-order chi connectivity index (χ1) is 6.83. The van der Waals surface area contributed by atoms with Crippen LogP contribution >= 0.6 is 0 Å². The molecular weight excluding hydrogens is 208 g/mol. The maximum Gasteiger partial charge on any atom is 0.323 e. The summed E-state index contributed by atoms with van der Waals surface area (Å²) in [4.78, 5) is 0. The molecule has 1 aromatic carbocycles. The fourth-order valence-electron chi connectivity index (χ4n) is 1.18. The van der Waals surface area contributed by atoms with Gasteiger partial charge in [0.15, 0.2) is 0 Å². The number of benzene rings is 1. The number of hydrogen-bond acceptors (Lipinski definition) is 3. The van der Waals surface area contributed by atoms with E-state index in [0.29, 0.717) is 11.7 Å². The van der Waals surface area contributed by atoms with Gasteiger partial charge in [-0.3, -0.25) is 0 Å². The van der Waals surface area contributed by atoms with Gasteiger partial charge >= 0.3 is 5.95 Å². The maximum absolute atomic E-state index is 5.21. The minimum Gasteiger partial charge on any atom is -0.490 e. The first kappa shape index (κ1) is 13.6. The van der Waals surface area contributed by atoms with Crippen LogP contribution in [0.3, 0.4) is 0 Å². The third-order valence-electron chi connectivity index (χ3n) is 1.80. The molecule has 0 fully saturated rings. The molecule has 0 aromatic heterocycles. The van der Waals surface area contributed by atoms with Crippen molar-refractivity contribution in [1.29, 1.82) is 0 Å². The molecule has 0 heterocycles. The van der Waals surface area contributed by atoms with Crippen molar-refractivity contribution in [3.63, 3.8) is 0 Å². The van der Waals surface area contributed by atoms with Crippen LogP contribution in [0.1, 0.15) is 5.56 Å². The first-order valence-electron chi connectivity index (χ1n) is 4.25. The molecule has 0 aliphatic heterocycles. The lowest BCUT2D eigenvalue weighted by Crippen LogP contribution is -1.98. The van der Waals surface area contributed by atoms with Crippen LogP contribution in [0.2, 0.25) is 0 Å². The summed E-state index contributed by atoms with van der Waals surface area (Å²) in [6, 6.07) is 9.65. The minimum absolute atomic E-state index is 0. The quantitative estimate of drug-likeness (QED) is 0.561. The highest BCUT2D eigenvalue weighted by Gasteiger charge is 2.10. The van der Waals surface area contributed by atoms with Crippen molar-refractivity contribution in [2.24, 2.45) is 0 Å². The first-order valence-corrected chi connectivity index (χ1v) is 4.25. The summed E-state index contributed by atoms with van der Waals surface area (Å²) in [5.41, 5.74) is 0.925. The summed E-state index contributed by atoms with van der Waals surface area (Å²) in [6.07, 6.45) is 0. The maximum atomic E-state index is 5.21. The lowest BCUT2D eigenvalue weighted by Gasteiger charge is -2.11. The molecule has 15 heavy (non-hydrogen) atoms. The predicted molar refractivity (Wildman–Crippen MR) is 65.7 cm³/mol. The zero-order valence-corrected chi connectivity index (χ0v) is 8.61. The molecule has 0 amide bonds. The molecule has 0 atom stereocenters. The fraction of sp³-hybridized carbons (Fsp3) is 0.273. The Hall–Kier alpha value is -1.42. The van der Waals surface area contributed by atoms with Crippen LogP contribution in [-0.4, -0.2) is 32.3 Å². The zero-order chi connectivity index (χ0) is 10.4. The van der Waals surface area contributed by atoms with Crippen LogP contribution in [0.25, 0.3) is 5.76 Å². The topological polar surface area (TPSA) is 27.7 Å². The Kier molecular flexibility index (Phi) is 6.29. The second kappa shape index (κ2) is 6.95. The molecule has 0 N–H and O–H groups in total. The molecule has 1 rings (SSSR count). The largest absolute Gasteiger partial charge is 0.490 e. The van der Waals surface area contributed by atoms with Gasteiger partial charge in [0.1, 0.15) is 0 Å². The highest BCUT2D eigenvalue weighted by molar-refractivity contribution is 5.75. The molecule has 0 aliphatic rings. The second-order valence-electron chi connectivity index (χ2n) is 2.59. The van der Waals surface area contributed by atoms with E-state index in [4.69, 9.17) is 14.2 Å². The molecule has 0 saturated carbocycles. The van der Waals surface area contributed by atoms with Crippen LogP contribution in [-0.2, 0) is 14.2 Å². The summed E-state index contributed by atoms with van der Waals surface area (Å²) >= 11 is 0. The van der Waals surface area contributed by atoms with E-state index in [-0.39, 0.29) is 11.0 Å². The van der Waals surface area contributed by atoms with Crippen molar-refractivity contribution >= 4 is 16.7 Å². The van der Waals surface area contributed by atoms with Crippen LogP contribution < -0.4 is 0 Å². The Labute approximate surface area is 94.7 Å². The Balaban J connectivity index is 0.00000196. The number of hydrogen-bond donors (Lipinski definition) is 0. The number of ether oxygens (including phenoxy) is 3. The summed E-state index contributed by atoms with van der Waals surface area (Å²) in [7, 11) is 4.67. The van der Waals surface area contributed by atoms with Gasteiger partial charge in [0.2, 0.25) is 5.76 Å². The molecule has 0 saturated heterocycles. The third kappa shape index (κ3) is 3.32. The van der Waals surface area contributed by atoms with Crippen molar-refractivity contribution in [2.75, 3.05) is 21.3 Å². The Morgan fingerprint density at radius 2 is 1.40 bits per heavy atom. The monoisotopic (exact) mass is 226 g/mol. The molecule has 3 nitrogen and oxygen atoms in total. The summed E-state index contributed by atoms with van der Waals surface area (Å²) in [5, 5.41) is 0. The molecule has 4 heteroatoms. The van der Waals surface area contributed by atoms with E-state index in [1.54, 1.807) is 21.3 Å². The van der Waals surface area contributed by atoms with Crippen molar-refractivity contribution in [1.82, 2.24) is 0 Å². The molecule has 0 bridgehead atoms. The summed E-state index contributed by atoms with van der Waals surface area (Å²) < 4.78 is 15.3. The van der Waals surface area contributed by atoms with Crippen molar-refractivity contribution < 1.29 is 14.2 Å². The van der Waals surface area contributed by atoms with E-state index in [9.17, 15) is 0 Å². The van der Waals surface area contributed by atoms with E-state index in [2.05, 4.69) is 0 Å². The Morgan fingerprint density at radius 3 is 1.80 bits per heavy atom. The van der Waals surface area contributed by atoms with E-state index < -0.39 is 0 Å². The van der Waals surface area contributed by atoms with Gasteiger partial charge in [0, 0.05) is 5.56 Å². The third-order valence-corrected chi connectivity index (χ3v) is 1.80. The normalized spacial score (nSPS) is 8.47. The summed E-state index contributed by atoms with van der Waals surface area (Å²) in [5.74, 6) is 0.967. The van der Waals surface area contributed by atoms with Crippen LogP contribution in [0, 0.1) is 0 Å². The smallest absolute Gasteiger partial charge is 0.323 e. The van der Waals surface area contributed by atoms with Gasteiger partial charge in [-0.2, -0.15) is 0 Å². The molecule has 1 aromatic rings. The fourth-order valence-corrected chi connectivity index (χ4v) is 1.18. The molecule has 84 valence electrons. The molecule has 0 spiro atoms. The van der Waals surface area contributed by atoms with Gasteiger partial charge in [-0.1, -0.05) is 30.3 Å². The van der Waals surface area contributed by atoms with Gasteiger partial charge < -0.3 is 14.2 Å². The average Bonchev–Trinajstić information content (AvgIpc) is 2.27. The van der Waals surface area contributed by atoms with Gasteiger partial charge in [0.25, 0.3) is 0 Å². The molecular formula is C11H18O3Si. The average molecular weight is 226 g/mol. The molecule has 0 aliphatic carbocycles. The van der Waals surface area contributed by atoms with E-state index >= 15 is 0 Å². The SMILES string of the molecule is COC(OC)=C(OC)c1ccccc1.[SiH4]. The van der Waals surface area contributed by atoms with Gasteiger partial charge in [-0.15, -0.1) is 0 Å². The Bertz CT molecular complexity index is 303. The van der Waals surface area contributed by atoms with Crippen LogP contribution in [0.4, 0.5) is 0 Å². The zero-order valence-electron chi connectivity index (χ0n) is 8.61. The van der Waals surface area contributed by atoms with Crippen molar-refractivity contribution in [3.8, 4) is 0 Å². The lowest BCUT2D eigenvalue weighted by atomic mass is 10.2. The van der Waals surface area contributed by atoms with Crippen molar-refractivity contribution in [2.45, 2.75) is 0 Å². The van der Waals surface area contributed by atoms with E-state index in [0.717, 1.165) is 5.56 Å². The minimum atomic E-state index is 0. The van der Waals surface area contributed by atoms with Gasteiger partial charge in [-0.25, -0.2) is 0 Å². The predicted octanol–water partition coefficient (Wildman–Crippen LogP) is 0.800. The molecule has 0 radical (unpaired) electrons. The van der Waals surface area contributed by atoms with Crippen LogP contribution in [0.5, 0.6) is 0 Å². The van der Waals surface area contributed by atoms with E-state index in [1.807, 2.05) is 30.3 Å². The second-order valence-corrected chi connectivity index (χ2v) is 2.59. The van der Waals surface area contributed by atoms with Crippen LogP contribution in [0.15, 0.2) is 36.3 Å². The van der Waals surface area contributed by atoms with Crippen molar-refractivity contribution in [3.05, 3.63) is 41.8 Å². The Morgan fingerprint density at radius 1 is 0.867 bits per heavy atom. The van der Waals surface area contributed by atoms with E-state index in [1.165, 1.54) is 0 Å². The lowest BCUT2D eigenvalue weighted by molar-refractivity contribution is 0.0871. The molecule has 0 unspecified atom stereocenters. The highest BCUT2D eigenvalue weighted by atomic mass is 28.1. The van der Waals surface area contributed by atoms with Gasteiger partial charge in [-0.05, 0) is 11.0 Å².